The second kappa shape index (κ2) is 5.63. The van der Waals surface area contributed by atoms with Crippen molar-refractivity contribution in [2.75, 3.05) is 11.9 Å². The number of nitro groups is 1. The Morgan fingerprint density at radius 3 is 2.65 bits per heavy atom. The molecule has 0 spiro atoms. The Hall–Kier alpha value is -0.890. The number of aliphatic hydroxyl groups excluding tert-OH is 1. The number of anilines is 1. The highest BCUT2D eigenvalue weighted by Gasteiger charge is 2.18. The van der Waals surface area contributed by atoms with Crippen molar-refractivity contribution in [3.63, 3.8) is 0 Å². The molecular weight excluding hydrogens is 335 g/mol. The van der Waals surface area contributed by atoms with Crippen molar-refractivity contribution in [2.24, 2.45) is 0 Å². The summed E-state index contributed by atoms with van der Waals surface area (Å²) >= 11 is 2.06. The van der Waals surface area contributed by atoms with E-state index in [-0.39, 0.29) is 17.8 Å². The maximum absolute atomic E-state index is 10.6. The summed E-state index contributed by atoms with van der Waals surface area (Å²) in [5.41, 5.74) is 0.680. The van der Waals surface area contributed by atoms with Gasteiger partial charge in [-0.05, 0) is 48.9 Å². The first kappa shape index (κ1) is 14.2. The number of hydrogen-bond donors (Lipinski definition) is 2. The molecule has 0 fully saturated rings. The van der Waals surface area contributed by atoms with Crippen LogP contribution >= 0.6 is 22.6 Å². The van der Waals surface area contributed by atoms with Crippen LogP contribution in [0.25, 0.3) is 0 Å². The molecule has 94 valence electrons. The van der Waals surface area contributed by atoms with Crippen LogP contribution in [0.1, 0.15) is 20.3 Å². The van der Waals surface area contributed by atoms with Crippen LogP contribution in [0, 0.1) is 13.7 Å². The molecule has 0 unspecified atom stereocenters. The van der Waals surface area contributed by atoms with Crippen LogP contribution in [-0.2, 0) is 0 Å². The predicted octanol–water partition coefficient (Wildman–Crippen LogP) is 2.77. The first-order valence-corrected chi connectivity index (χ1v) is 6.26. The fraction of sp³-hybridized carbons (Fsp3) is 0.455. The van der Waals surface area contributed by atoms with E-state index in [1.807, 2.05) is 13.8 Å². The number of nitro benzene ring substituents is 1. The molecule has 0 saturated carbocycles. The fourth-order valence-electron chi connectivity index (χ4n) is 1.43. The molecule has 0 aliphatic heterocycles. The summed E-state index contributed by atoms with van der Waals surface area (Å²) in [4.78, 5) is 10.2. The Kier molecular flexibility index (Phi) is 4.70. The molecule has 0 aliphatic rings. The number of aliphatic hydroxyl groups is 1. The van der Waals surface area contributed by atoms with Crippen molar-refractivity contribution < 1.29 is 10.0 Å². The average molecular weight is 350 g/mol. The first-order valence-electron chi connectivity index (χ1n) is 5.19. The van der Waals surface area contributed by atoms with E-state index >= 15 is 0 Å². The van der Waals surface area contributed by atoms with E-state index in [0.717, 1.165) is 9.26 Å². The van der Waals surface area contributed by atoms with Gasteiger partial charge in [-0.1, -0.05) is 0 Å². The summed E-state index contributed by atoms with van der Waals surface area (Å²) in [5.74, 6) is 0. The summed E-state index contributed by atoms with van der Waals surface area (Å²) < 4.78 is 0.794. The minimum Gasteiger partial charge on any atom is -0.396 e. The van der Waals surface area contributed by atoms with E-state index in [2.05, 4.69) is 27.9 Å². The van der Waals surface area contributed by atoms with Crippen LogP contribution in [-0.4, -0.2) is 22.2 Å². The van der Waals surface area contributed by atoms with Crippen molar-refractivity contribution in [3.8, 4) is 0 Å². The van der Waals surface area contributed by atoms with E-state index in [4.69, 9.17) is 5.11 Å². The minimum atomic E-state index is -0.412. The molecule has 2 N–H and O–H groups in total. The minimum absolute atomic E-state index is 0.0833. The van der Waals surface area contributed by atoms with Gasteiger partial charge in [-0.2, -0.15) is 0 Å². The molecule has 1 rings (SSSR count). The van der Waals surface area contributed by atoms with Crippen LogP contribution < -0.4 is 5.32 Å². The fourth-order valence-corrected chi connectivity index (χ4v) is 2.06. The normalized spacial score (nSPS) is 11.3. The van der Waals surface area contributed by atoms with Crippen molar-refractivity contribution in [3.05, 3.63) is 31.9 Å². The second-order valence-corrected chi connectivity index (χ2v) is 5.57. The molecule has 17 heavy (non-hydrogen) atoms. The van der Waals surface area contributed by atoms with E-state index in [1.54, 1.807) is 6.07 Å². The highest BCUT2D eigenvalue weighted by atomic mass is 127. The lowest BCUT2D eigenvalue weighted by atomic mass is 10.0. The summed E-state index contributed by atoms with van der Waals surface area (Å²) in [6.07, 6.45) is 0.611. The third kappa shape index (κ3) is 4.12. The highest BCUT2D eigenvalue weighted by molar-refractivity contribution is 14.1. The molecule has 0 radical (unpaired) electrons. The average Bonchev–Trinajstić information content (AvgIpc) is 2.20. The molecule has 0 amide bonds. The summed E-state index contributed by atoms with van der Waals surface area (Å²) in [6.45, 7) is 4.05. The SMILES string of the molecule is CC(C)(CCO)Nc1ccc([N+](=O)[O-])cc1I. The molecular formula is C11H15IN2O3. The Labute approximate surface area is 114 Å². The molecule has 0 atom stereocenters. The molecule has 0 heterocycles. The summed E-state index contributed by atoms with van der Waals surface area (Å²) in [5, 5.41) is 22.8. The van der Waals surface area contributed by atoms with Crippen molar-refractivity contribution in [1.29, 1.82) is 0 Å². The van der Waals surface area contributed by atoms with Gasteiger partial charge in [0.15, 0.2) is 0 Å². The molecule has 0 bridgehead atoms. The van der Waals surface area contributed by atoms with Gasteiger partial charge in [-0.25, -0.2) is 0 Å². The maximum atomic E-state index is 10.6. The van der Waals surface area contributed by atoms with Gasteiger partial charge >= 0.3 is 0 Å². The van der Waals surface area contributed by atoms with Crippen LogP contribution in [0.15, 0.2) is 18.2 Å². The van der Waals surface area contributed by atoms with Gasteiger partial charge in [-0.3, -0.25) is 10.1 Å². The van der Waals surface area contributed by atoms with Crippen LogP contribution in [0.5, 0.6) is 0 Å². The maximum Gasteiger partial charge on any atom is 0.270 e. The molecule has 5 nitrogen and oxygen atoms in total. The zero-order valence-electron chi connectivity index (χ0n) is 9.74. The van der Waals surface area contributed by atoms with Gasteiger partial charge < -0.3 is 10.4 Å². The van der Waals surface area contributed by atoms with E-state index in [1.165, 1.54) is 12.1 Å². The Morgan fingerprint density at radius 2 is 2.18 bits per heavy atom. The number of benzene rings is 1. The predicted molar refractivity (Wildman–Crippen MR) is 75.2 cm³/mol. The summed E-state index contributed by atoms with van der Waals surface area (Å²) in [6, 6.07) is 4.69. The zero-order chi connectivity index (χ0) is 13.1. The topological polar surface area (TPSA) is 75.4 Å². The number of rotatable bonds is 5. The molecule has 1 aromatic rings. The molecule has 6 heteroatoms. The zero-order valence-corrected chi connectivity index (χ0v) is 11.9. The Balaban J connectivity index is 2.90. The number of nitrogens with one attached hydrogen (secondary N) is 1. The van der Waals surface area contributed by atoms with Gasteiger partial charge in [0, 0.05) is 33.5 Å². The lowest BCUT2D eigenvalue weighted by molar-refractivity contribution is -0.384. The standard InChI is InChI=1S/C11H15IN2O3/c1-11(2,5-6-15)13-10-4-3-8(14(16)17)7-9(10)12/h3-4,7,13,15H,5-6H2,1-2H3. The van der Waals surface area contributed by atoms with Crippen molar-refractivity contribution in [2.45, 2.75) is 25.8 Å². The van der Waals surface area contributed by atoms with Crippen LogP contribution in [0.3, 0.4) is 0 Å². The Bertz CT molecular complexity index is 421. The van der Waals surface area contributed by atoms with Gasteiger partial charge in [0.05, 0.1) is 4.92 Å². The largest absolute Gasteiger partial charge is 0.396 e. The number of hydrogen-bond acceptors (Lipinski definition) is 4. The second-order valence-electron chi connectivity index (χ2n) is 4.40. The van der Waals surface area contributed by atoms with Crippen molar-refractivity contribution >= 4 is 34.0 Å². The molecule has 0 aliphatic carbocycles. The van der Waals surface area contributed by atoms with Crippen LogP contribution in [0.2, 0.25) is 0 Å². The highest BCUT2D eigenvalue weighted by Crippen LogP contribution is 2.26. The van der Waals surface area contributed by atoms with E-state index in [0.29, 0.717) is 6.42 Å². The smallest absolute Gasteiger partial charge is 0.270 e. The van der Waals surface area contributed by atoms with E-state index in [9.17, 15) is 10.1 Å². The number of halogens is 1. The monoisotopic (exact) mass is 350 g/mol. The first-order chi connectivity index (χ1) is 7.85. The molecule has 0 saturated heterocycles. The quantitative estimate of drug-likeness (QED) is 0.487. The lowest BCUT2D eigenvalue weighted by Gasteiger charge is -2.27. The lowest BCUT2D eigenvalue weighted by Crippen LogP contribution is -2.32. The van der Waals surface area contributed by atoms with Gasteiger partial charge in [0.2, 0.25) is 0 Å². The van der Waals surface area contributed by atoms with Gasteiger partial charge in [0.25, 0.3) is 5.69 Å². The Morgan fingerprint density at radius 1 is 1.53 bits per heavy atom. The molecule has 1 aromatic carbocycles. The molecule has 0 aromatic heterocycles. The van der Waals surface area contributed by atoms with Crippen molar-refractivity contribution in [1.82, 2.24) is 0 Å². The van der Waals surface area contributed by atoms with Gasteiger partial charge in [0.1, 0.15) is 0 Å². The van der Waals surface area contributed by atoms with Gasteiger partial charge in [-0.15, -0.1) is 0 Å². The van der Waals surface area contributed by atoms with E-state index < -0.39 is 4.92 Å². The number of non-ortho nitro benzene ring substituents is 1. The number of nitrogens with zero attached hydrogens (tertiary/aromatic N) is 1. The third-order valence-electron chi connectivity index (χ3n) is 2.37. The van der Waals surface area contributed by atoms with Crippen LogP contribution in [0.4, 0.5) is 11.4 Å². The third-order valence-corrected chi connectivity index (χ3v) is 3.27. The summed E-state index contributed by atoms with van der Waals surface area (Å²) in [7, 11) is 0.